The molecule has 0 bridgehead atoms. The minimum atomic E-state index is 0.108. The number of hydrogen-bond acceptors (Lipinski definition) is 5. The highest BCUT2D eigenvalue weighted by Gasteiger charge is 2.24. The van der Waals surface area contributed by atoms with Crippen LogP contribution in [0.2, 0.25) is 0 Å². The number of furan rings is 1. The van der Waals surface area contributed by atoms with E-state index >= 15 is 0 Å². The Morgan fingerprint density at radius 3 is 3.21 bits per heavy atom. The van der Waals surface area contributed by atoms with E-state index in [0.717, 1.165) is 29.2 Å². The highest BCUT2D eigenvalue weighted by atomic mass is 32.1. The normalized spacial score (nSPS) is 19.0. The van der Waals surface area contributed by atoms with Gasteiger partial charge < -0.3 is 15.1 Å². The van der Waals surface area contributed by atoms with Crippen LogP contribution in [-0.2, 0) is 11.2 Å². The highest BCUT2D eigenvalue weighted by Crippen LogP contribution is 2.24. The number of carbonyl (C=O) groups excluding carboxylic acids is 1. The summed E-state index contributed by atoms with van der Waals surface area (Å²) >= 11 is 1.53. The summed E-state index contributed by atoms with van der Waals surface area (Å²) in [5.74, 6) is 0.108. The Bertz CT molecular complexity index is 564. The van der Waals surface area contributed by atoms with Gasteiger partial charge in [0.2, 0.25) is 5.91 Å². The Balaban J connectivity index is 1.66. The van der Waals surface area contributed by atoms with Gasteiger partial charge in [-0.1, -0.05) is 0 Å². The molecule has 6 heteroatoms. The second kappa shape index (κ2) is 5.14. The van der Waals surface area contributed by atoms with Gasteiger partial charge in [0.25, 0.3) is 0 Å². The minimum Gasteiger partial charge on any atom is -0.472 e. The van der Waals surface area contributed by atoms with Crippen molar-refractivity contribution in [2.75, 3.05) is 13.1 Å². The van der Waals surface area contributed by atoms with E-state index in [-0.39, 0.29) is 11.9 Å². The standard InChI is InChI=1S/C13H15N3O2S/c14-10-1-3-16(6-10)12(17)5-11-8-19-13(15-11)9-2-4-18-7-9/h2,4,7-8,10H,1,3,5-6,14H2/t10-/m1/s1. The third kappa shape index (κ3) is 2.69. The lowest BCUT2D eigenvalue weighted by Gasteiger charge is -2.14. The lowest BCUT2D eigenvalue weighted by molar-refractivity contribution is -0.129. The molecular formula is C13H15N3O2S. The second-order valence-electron chi connectivity index (χ2n) is 4.72. The Kier molecular flexibility index (Phi) is 3.35. The van der Waals surface area contributed by atoms with Crippen molar-refractivity contribution in [2.45, 2.75) is 18.9 Å². The van der Waals surface area contributed by atoms with Gasteiger partial charge in [-0.3, -0.25) is 4.79 Å². The summed E-state index contributed by atoms with van der Waals surface area (Å²) in [4.78, 5) is 18.4. The number of carbonyl (C=O) groups is 1. The fraction of sp³-hybridized carbons (Fsp3) is 0.385. The highest BCUT2D eigenvalue weighted by molar-refractivity contribution is 7.13. The third-order valence-electron chi connectivity index (χ3n) is 3.23. The van der Waals surface area contributed by atoms with Crippen molar-refractivity contribution in [1.29, 1.82) is 0 Å². The van der Waals surface area contributed by atoms with E-state index < -0.39 is 0 Å². The predicted octanol–water partition coefficient (Wildman–Crippen LogP) is 1.51. The Labute approximate surface area is 115 Å². The average molecular weight is 277 g/mol. The number of hydrogen-bond donors (Lipinski definition) is 1. The maximum atomic E-state index is 12.1. The molecule has 0 unspecified atom stereocenters. The summed E-state index contributed by atoms with van der Waals surface area (Å²) in [6, 6.07) is 1.99. The van der Waals surface area contributed by atoms with Crippen molar-refractivity contribution in [1.82, 2.24) is 9.88 Å². The second-order valence-corrected chi connectivity index (χ2v) is 5.58. The van der Waals surface area contributed by atoms with Crippen LogP contribution in [0.4, 0.5) is 0 Å². The molecule has 1 atom stereocenters. The van der Waals surface area contributed by atoms with Crippen LogP contribution in [0.15, 0.2) is 28.4 Å². The number of thiazole rings is 1. The van der Waals surface area contributed by atoms with Crippen molar-refractivity contribution < 1.29 is 9.21 Å². The fourth-order valence-electron chi connectivity index (χ4n) is 2.19. The van der Waals surface area contributed by atoms with Crippen molar-refractivity contribution in [3.05, 3.63) is 29.7 Å². The summed E-state index contributed by atoms with van der Waals surface area (Å²) < 4.78 is 5.03. The zero-order chi connectivity index (χ0) is 13.2. The first-order valence-corrected chi connectivity index (χ1v) is 7.10. The molecule has 5 nitrogen and oxygen atoms in total. The quantitative estimate of drug-likeness (QED) is 0.923. The molecule has 100 valence electrons. The van der Waals surface area contributed by atoms with E-state index in [1.165, 1.54) is 11.3 Å². The van der Waals surface area contributed by atoms with E-state index in [9.17, 15) is 4.79 Å². The van der Waals surface area contributed by atoms with Gasteiger partial charge in [0.15, 0.2) is 0 Å². The fourth-order valence-corrected chi connectivity index (χ4v) is 2.99. The maximum absolute atomic E-state index is 12.1. The van der Waals surface area contributed by atoms with E-state index in [2.05, 4.69) is 4.98 Å². The summed E-state index contributed by atoms with van der Waals surface area (Å²) in [5, 5.41) is 2.81. The maximum Gasteiger partial charge on any atom is 0.228 e. The third-order valence-corrected chi connectivity index (χ3v) is 4.17. The first-order valence-electron chi connectivity index (χ1n) is 6.22. The van der Waals surface area contributed by atoms with Crippen molar-refractivity contribution >= 4 is 17.2 Å². The van der Waals surface area contributed by atoms with Gasteiger partial charge in [0.1, 0.15) is 11.3 Å². The first kappa shape index (κ1) is 12.4. The zero-order valence-corrected chi connectivity index (χ0v) is 11.2. The van der Waals surface area contributed by atoms with Crippen molar-refractivity contribution in [2.24, 2.45) is 5.73 Å². The van der Waals surface area contributed by atoms with Crippen LogP contribution in [0, 0.1) is 0 Å². The molecule has 1 aliphatic rings. The average Bonchev–Trinajstić information content (AvgIpc) is 3.07. The monoisotopic (exact) mass is 277 g/mol. The van der Waals surface area contributed by atoms with Gasteiger partial charge in [-0.25, -0.2) is 4.98 Å². The van der Waals surface area contributed by atoms with E-state index in [4.69, 9.17) is 10.2 Å². The molecule has 19 heavy (non-hydrogen) atoms. The van der Waals surface area contributed by atoms with Crippen LogP contribution >= 0.6 is 11.3 Å². The number of nitrogens with two attached hydrogens (primary N) is 1. The predicted molar refractivity (Wildman–Crippen MR) is 72.7 cm³/mol. The number of nitrogens with zero attached hydrogens (tertiary/aromatic N) is 2. The van der Waals surface area contributed by atoms with Crippen molar-refractivity contribution in [3.63, 3.8) is 0 Å². The molecule has 2 N–H and O–H groups in total. The Morgan fingerprint density at radius 2 is 2.53 bits per heavy atom. The molecule has 0 aromatic carbocycles. The van der Waals surface area contributed by atoms with Crippen LogP contribution in [0.3, 0.4) is 0 Å². The molecule has 3 heterocycles. The summed E-state index contributed by atoms with van der Waals surface area (Å²) in [6.45, 7) is 1.43. The van der Waals surface area contributed by atoms with Gasteiger partial charge in [-0.2, -0.15) is 0 Å². The molecule has 0 spiro atoms. The zero-order valence-electron chi connectivity index (χ0n) is 10.4. The first-order chi connectivity index (χ1) is 9.22. The molecule has 1 aliphatic heterocycles. The number of rotatable bonds is 3. The van der Waals surface area contributed by atoms with Crippen molar-refractivity contribution in [3.8, 4) is 10.6 Å². The minimum absolute atomic E-state index is 0.108. The van der Waals surface area contributed by atoms with Crippen LogP contribution < -0.4 is 5.73 Å². The molecule has 0 aliphatic carbocycles. The molecule has 1 amide bonds. The summed E-state index contributed by atoms with van der Waals surface area (Å²) in [5.41, 5.74) is 7.57. The Morgan fingerprint density at radius 1 is 1.63 bits per heavy atom. The van der Waals surface area contributed by atoms with Gasteiger partial charge >= 0.3 is 0 Å². The van der Waals surface area contributed by atoms with E-state index in [1.807, 2.05) is 16.3 Å². The molecule has 1 fully saturated rings. The van der Waals surface area contributed by atoms with E-state index in [0.29, 0.717) is 13.0 Å². The van der Waals surface area contributed by atoms with E-state index in [1.54, 1.807) is 12.5 Å². The number of aromatic nitrogens is 1. The Hall–Kier alpha value is -1.66. The lowest BCUT2D eigenvalue weighted by Crippen LogP contribution is -2.32. The van der Waals surface area contributed by atoms with Crippen LogP contribution in [0.5, 0.6) is 0 Å². The topological polar surface area (TPSA) is 72.4 Å². The van der Waals surface area contributed by atoms with Gasteiger partial charge in [0.05, 0.1) is 18.4 Å². The molecule has 0 radical (unpaired) electrons. The number of likely N-dealkylation sites (tertiary alicyclic amines) is 1. The van der Waals surface area contributed by atoms with Gasteiger partial charge in [-0.15, -0.1) is 11.3 Å². The molecule has 2 aromatic rings. The van der Waals surface area contributed by atoms with Crippen LogP contribution in [0.1, 0.15) is 12.1 Å². The van der Waals surface area contributed by atoms with Crippen LogP contribution in [-0.4, -0.2) is 34.9 Å². The molecule has 3 rings (SSSR count). The van der Waals surface area contributed by atoms with Gasteiger partial charge in [-0.05, 0) is 12.5 Å². The summed E-state index contributed by atoms with van der Waals surface area (Å²) in [6.07, 6.45) is 4.52. The van der Waals surface area contributed by atoms with Gasteiger partial charge in [0, 0.05) is 30.1 Å². The smallest absolute Gasteiger partial charge is 0.228 e. The largest absolute Gasteiger partial charge is 0.472 e. The summed E-state index contributed by atoms with van der Waals surface area (Å²) in [7, 11) is 0. The molecule has 0 saturated carbocycles. The molecule has 1 saturated heterocycles. The molecular weight excluding hydrogens is 262 g/mol. The lowest BCUT2D eigenvalue weighted by atomic mass is 10.3. The SMILES string of the molecule is N[C@@H]1CCN(C(=O)Cc2csc(-c3ccoc3)n2)C1. The number of amides is 1. The van der Waals surface area contributed by atoms with Crippen LogP contribution in [0.25, 0.3) is 10.6 Å². The molecule has 2 aromatic heterocycles.